The topological polar surface area (TPSA) is 58.7 Å². The molecular weight excluding hydrogens is 361 g/mol. The molecule has 2 fully saturated rings. The number of halogens is 1. The molecule has 4 nitrogen and oxygen atoms in total. The number of hydrogen-bond acceptors (Lipinski definition) is 2. The second-order valence-electron chi connectivity index (χ2n) is 5.48. The number of guanidine groups is 1. The van der Waals surface area contributed by atoms with Crippen LogP contribution in [0, 0.1) is 5.92 Å². The predicted octanol–water partition coefficient (Wildman–Crippen LogP) is 1.56. The third kappa shape index (κ3) is 3.82. The molecular formula is C12H24IN3OS. The van der Waals surface area contributed by atoms with Gasteiger partial charge in [0.05, 0.1) is 11.3 Å². The summed E-state index contributed by atoms with van der Waals surface area (Å²) in [5, 5.41) is 0. The summed E-state index contributed by atoms with van der Waals surface area (Å²) in [7, 11) is -0.773. The van der Waals surface area contributed by atoms with Crippen molar-refractivity contribution in [1.82, 2.24) is 4.90 Å². The SMILES string of the molecule is CC1CCN(C(N)=NCC2(S(C)=O)CC2)CC1.I. The van der Waals surface area contributed by atoms with E-state index in [1.807, 2.05) is 0 Å². The molecule has 18 heavy (non-hydrogen) atoms. The zero-order valence-electron chi connectivity index (χ0n) is 11.2. The van der Waals surface area contributed by atoms with Crippen LogP contribution >= 0.6 is 24.0 Å². The summed E-state index contributed by atoms with van der Waals surface area (Å²) in [5.41, 5.74) is 6.01. The minimum absolute atomic E-state index is 0. The van der Waals surface area contributed by atoms with Crippen LogP contribution in [0.4, 0.5) is 0 Å². The van der Waals surface area contributed by atoms with E-state index in [0.29, 0.717) is 12.5 Å². The van der Waals surface area contributed by atoms with E-state index >= 15 is 0 Å². The van der Waals surface area contributed by atoms with Crippen molar-refractivity contribution in [3.63, 3.8) is 0 Å². The fraction of sp³-hybridized carbons (Fsp3) is 0.917. The Morgan fingerprint density at radius 3 is 2.44 bits per heavy atom. The van der Waals surface area contributed by atoms with Gasteiger partial charge in [0.1, 0.15) is 0 Å². The summed E-state index contributed by atoms with van der Waals surface area (Å²) in [6.07, 6.45) is 6.23. The number of piperidine rings is 1. The highest BCUT2D eigenvalue weighted by Crippen LogP contribution is 2.41. The Labute approximate surface area is 129 Å². The van der Waals surface area contributed by atoms with E-state index in [9.17, 15) is 4.21 Å². The normalized spacial score (nSPS) is 25.4. The van der Waals surface area contributed by atoms with Gasteiger partial charge in [-0.2, -0.15) is 0 Å². The van der Waals surface area contributed by atoms with Gasteiger partial charge in [-0.1, -0.05) is 6.92 Å². The maximum Gasteiger partial charge on any atom is 0.191 e. The van der Waals surface area contributed by atoms with Crippen molar-refractivity contribution in [1.29, 1.82) is 0 Å². The Bertz CT molecular complexity index is 336. The average molecular weight is 385 g/mol. The molecule has 6 heteroatoms. The van der Waals surface area contributed by atoms with Crippen molar-refractivity contribution < 1.29 is 4.21 Å². The third-order valence-corrected chi connectivity index (χ3v) is 5.81. The molecule has 1 heterocycles. The lowest BCUT2D eigenvalue weighted by Gasteiger charge is -2.31. The van der Waals surface area contributed by atoms with Gasteiger partial charge >= 0.3 is 0 Å². The van der Waals surface area contributed by atoms with Crippen LogP contribution in [0.3, 0.4) is 0 Å². The van der Waals surface area contributed by atoms with Gasteiger partial charge in [0.25, 0.3) is 0 Å². The first-order valence-electron chi connectivity index (χ1n) is 6.42. The molecule has 0 aromatic carbocycles. The summed E-state index contributed by atoms with van der Waals surface area (Å²) in [4.78, 5) is 6.62. The Morgan fingerprint density at radius 1 is 1.44 bits per heavy atom. The first-order chi connectivity index (χ1) is 8.03. The van der Waals surface area contributed by atoms with Crippen LogP contribution in [-0.2, 0) is 10.8 Å². The predicted molar refractivity (Wildman–Crippen MR) is 87.9 cm³/mol. The number of aliphatic imine (C=N–C) groups is 1. The smallest absolute Gasteiger partial charge is 0.191 e. The minimum atomic E-state index is -0.773. The quantitative estimate of drug-likeness (QED) is 0.456. The van der Waals surface area contributed by atoms with Crippen molar-refractivity contribution in [2.75, 3.05) is 25.9 Å². The zero-order chi connectivity index (χ0) is 12.5. The van der Waals surface area contributed by atoms with Crippen LogP contribution in [0.1, 0.15) is 32.6 Å². The minimum Gasteiger partial charge on any atom is -0.370 e. The van der Waals surface area contributed by atoms with Crippen molar-refractivity contribution in [2.45, 2.75) is 37.4 Å². The van der Waals surface area contributed by atoms with Crippen LogP contribution in [0.2, 0.25) is 0 Å². The number of nitrogens with two attached hydrogens (primary N) is 1. The Hall–Kier alpha value is 0.150. The van der Waals surface area contributed by atoms with Gasteiger partial charge < -0.3 is 10.6 Å². The van der Waals surface area contributed by atoms with Gasteiger partial charge in [-0.05, 0) is 31.6 Å². The van der Waals surface area contributed by atoms with Crippen LogP contribution < -0.4 is 5.73 Å². The highest BCUT2D eigenvalue weighted by Gasteiger charge is 2.46. The maximum atomic E-state index is 11.5. The molecule has 2 rings (SSSR count). The van der Waals surface area contributed by atoms with Gasteiger partial charge in [-0.3, -0.25) is 9.20 Å². The van der Waals surface area contributed by atoms with E-state index in [1.165, 1.54) is 12.8 Å². The molecule has 1 unspecified atom stereocenters. The molecule has 1 aliphatic carbocycles. The third-order valence-electron chi connectivity index (χ3n) is 4.05. The summed E-state index contributed by atoms with van der Waals surface area (Å²) in [6.45, 7) is 4.94. The van der Waals surface area contributed by atoms with E-state index in [-0.39, 0.29) is 28.7 Å². The number of rotatable bonds is 3. The molecule has 1 aliphatic heterocycles. The fourth-order valence-electron chi connectivity index (χ4n) is 2.24. The second kappa shape index (κ2) is 6.54. The largest absolute Gasteiger partial charge is 0.370 e. The molecule has 1 saturated carbocycles. The Balaban J connectivity index is 0.00000162. The van der Waals surface area contributed by atoms with Gasteiger partial charge in [0.15, 0.2) is 5.96 Å². The van der Waals surface area contributed by atoms with E-state index in [0.717, 1.165) is 31.8 Å². The summed E-state index contributed by atoms with van der Waals surface area (Å²) >= 11 is 0. The van der Waals surface area contributed by atoms with E-state index in [4.69, 9.17) is 5.73 Å². The van der Waals surface area contributed by atoms with Crippen molar-refractivity contribution in [3.8, 4) is 0 Å². The standard InChI is InChI=1S/C12H23N3OS.HI/c1-10-3-7-15(8-4-10)11(13)14-9-12(5-6-12)17(2)16;/h10H,3-9H2,1-2H3,(H2,13,14);1H. The van der Waals surface area contributed by atoms with Gasteiger partial charge in [-0.15, -0.1) is 24.0 Å². The number of nitrogens with zero attached hydrogens (tertiary/aromatic N) is 2. The fourth-order valence-corrected chi connectivity index (χ4v) is 3.16. The van der Waals surface area contributed by atoms with Gasteiger partial charge in [0, 0.05) is 30.1 Å². The molecule has 0 aromatic heterocycles. The van der Waals surface area contributed by atoms with E-state index < -0.39 is 10.8 Å². The van der Waals surface area contributed by atoms with Gasteiger partial charge in [-0.25, -0.2) is 0 Å². The highest BCUT2D eigenvalue weighted by molar-refractivity contribution is 14.0. The summed E-state index contributed by atoms with van der Waals surface area (Å²) in [5.74, 6) is 1.45. The average Bonchev–Trinajstić information content (AvgIpc) is 3.08. The first kappa shape index (κ1) is 16.2. The molecule has 0 spiro atoms. The lowest BCUT2D eigenvalue weighted by atomic mass is 10.00. The lowest BCUT2D eigenvalue weighted by molar-refractivity contribution is 0.277. The Morgan fingerprint density at radius 2 is 2.00 bits per heavy atom. The molecule has 1 saturated heterocycles. The van der Waals surface area contributed by atoms with Crippen molar-refractivity contribution in [2.24, 2.45) is 16.6 Å². The highest BCUT2D eigenvalue weighted by atomic mass is 127. The van der Waals surface area contributed by atoms with Crippen molar-refractivity contribution in [3.05, 3.63) is 0 Å². The molecule has 2 aliphatic rings. The molecule has 2 N–H and O–H groups in total. The molecule has 0 aromatic rings. The van der Waals surface area contributed by atoms with Crippen LogP contribution in [0.15, 0.2) is 4.99 Å². The first-order valence-corrected chi connectivity index (χ1v) is 7.98. The van der Waals surface area contributed by atoms with Crippen LogP contribution in [0.25, 0.3) is 0 Å². The number of likely N-dealkylation sites (tertiary alicyclic amines) is 1. The van der Waals surface area contributed by atoms with Crippen LogP contribution in [-0.4, -0.2) is 45.7 Å². The van der Waals surface area contributed by atoms with Crippen LogP contribution in [0.5, 0.6) is 0 Å². The molecule has 0 amide bonds. The monoisotopic (exact) mass is 385 g/mol. The maximum absolute atomic E-state index is 11.5. The van der Waals surface area contributed by atoms with E-state index in [1.54, 1.807) is 6.26 Å². The molecule has 106 valence electrons. The molecule has 1 atom stereocenters. The van der Waals surface area contributed by atoms with Crippen molar-refractivity contribution >= 4 is 40.7 Å². The molecule has 0 radical (unpaired) electrons. The molecule has 0 bridgehead atoms. The van der Waals surface area contributed by atoms with E-state index in [2.05, 4.69) is 16.8 Å². The second-order valence-corrected chi connectivity index (χ2v) is 7.26. The lowest BCUT2D eigenvalue weighted by Crippen LogP contribution is -2.43. The number of hydrogen-bond donors (Lipinski definition) is 1. The van der Waals surface area contributed by atoms with Gasteiger partial charge in [0.2, 0.25) is 0 Å². The summed E-state index contributed by atoms with van der Waals surface area (Å²) in [6, 6.07) is 0. The Kier molecular flexibility index (Phi) is 5.89. The summed E-state index contributed by atoms with van der Waals surface area (Å²) < 4.78 is 11.5. The zero-order valence-corrected chi connectivity index (χ0v) is 14.4.